The van der Waals surface area contributed by atoms with Gasteiger partial charge in [0, 0.05) is 36.0 Å². The zero-order chi connectivity index (χ0) is 27.0. The summed E-state index contributed by atoms with van der Waals surface area (Å²) in [6, 6.07) is 10.1. The lowest BCUT2D eigenvalue weighted by Crippen LogP contribution is -2.55. The summed E-state index contributed by atoms with van der Waals surface area (Å²) in [6.45, 7) is 3.92. The van der Waals surface area contributed by atoms with Crippen molar-refractivity contribution in [3.05, 3.63) is 79.7 Å². The van der Waals surface area contributed by atoms with E-state index < -0.39 is 22.7 Å². The number of nitrogens with two attached hydrogens (primary N) is 1. The number of rotatable bonds is 2. The van der Waals surface area contributed by atoms with Gasteiger partial charge in [-0.05, 0) is 30.0 Å². The number of carbonyl (C=O) groups is 3. The van der Waals surface area contributed by atoms with Crippen LogP contribution in [-0.2, 0) is 24.5 Å². The Morgan fingerprint density at radius 3 is 2.32 bits per heavy atom. The van der Waals surface area contributed by atoms with Crippen molar-refractivity contribution in [1.82, 2.24) is 0 Å². The minimum Gasteiger partial charge on any atom is -0.466 e. The molecule has 0 saturated carbocycles. The highest BCUT2D eigenvalue weighted by Crippen LogP contribution is 2.59. The fourth-order valence-corrected chi connectivity index (χ4v) is 6.47. The van der Waals surface area contributed by atoms with Crippen molar-refractivity contribution in [3.8, 4) is 0 Å². The van der Waals surface area contributed by atoms with Crippen molar-refractivity contribution in [2.24, 2.45) is 11.1 Å². The van der Waals surface area contributed by atoms with E-state index in [1.54, 1.807) is 36.2 Å². The number of Topliss-reactive ketones (excluding diaryl/α,β-unsaturated/α-hetero) is 1. The van der Waals surface area contributed by atoms with Gasteiger partial charge in [0.2, 0.25) is 5.91 Å². The predicted molar refractivity (Wildman–Crippen MR) is 144 cm³/mol. The molecular formula is C27H24Cl3N3O4. The molecule has 1 amide bonds. The van der Waals surface area contributed by atoms with Gasteiger partial charge in [-0.25, -0.2) is 4.79 Å². The third-order valence-corrected chi connectivity index (χ3v) is 8.31. The largest absolute Gasteiger partial charge is 0.466 e. The monoisotopic (exact) mass is 559 g/mol. The lowest BCUT2D eigenvalue weighted by molar-refractivity contribution is -0.138. The maximum absolute atomic E-state index is 14.2. The normalized spacial score (nSPS) is 22.6. The molecule has 37 heavy (non-hydrogen) atoms. The maximum atomic E-state index is 14.2. The van der Waals surface area contributed by atoms with Gasteiger partial charge in [-0.2, -0.15) is 0 Å². The summed E-state index contributed by atoms with van der Waals surface area (Å²) < 4.78 is 5.17. The summed E-state index contributed by atoms with van der Waals surface area (Å²) >= 11 is 19.2. The van der Waals surface area contributed by atoms with Crippen molar-refractivity contribution in [1.29, 1.82) is 0 Å². The standard InChI is InChI=1S/C27H24Cl3N3O4/c1-26(2)11-19-21(20(34)12-26)27(13-7-5-6-8-17(13)32(3)25(27)36)22(24(35)37-4)23(31)33(19)18-10-15(29)14(28)9-16(18)30/h5-10H,11-12,31H2,1-4H3. The van der Waals surface area contributed by atoms with Gasteiger partial charge in [-0.1, -0.05) is 66.8 Å². The van der Waals surface area contributed by atoms with Gasteiger partial charge >= 0.3 is 5.97 Å². The summed E-state index contributed by atoms with van der Waals surface area (Å²) in [7, 11) is 2.82. The second-order valence-electron chi connectivity index (χ2n) is 10.2. The number of carbonyl (C=O) groups excluding carboxylic acids is 3. The first-order valence-corrected chi connectivity index (χ1v) is 12.7. The summed E-state index contributed by atoms with van der Waals surface area (Å²) in [5.74, 6) is -1.63. The summed E-state index contributed by atoms with van der Waals surface area (Å²) in [5, 5.41) is 0.644. The van der Waals surface area contributed by atoms with E-state index in [0.717, 1.165) is 0 Å². The van der Waals surface area contributed by atoms with E-state index in [9.17, 15) is 14.4 Å². The fourth-order valence-electron chi connectivity index (χ4n) is 5.84. The number of para-hydroxylation sites is 1. The average molecular weight is 561 g/mol. The minimum absolute atomic E-state index is 0.0742. The van der Waals surface area contributed by atoms with Gasteiger partial charge in [0.05, 0.1) is 27.9 Å². The van der Waals surface area contributed by atoms with Gasteiger partial charge in [0.25, 0.3) is 0 Å². The third kappa shape index (κ3) is 3.44. The molecular weight excluding hydrogens is 537 g/mol. The number of ketones is 1. The molecule has 1 aliphatic carbocycles. The Morgan fingerprint density at radius 1 is 1.00 bits per heavy atom. The highest BCUT2D eigenvalue weighted by Gasteiger charge is 2.64. The summed E-state index contributed by atoms with van der Waals surface area (Å²) in [5.41, 5.74) is 6.48. The van der Waals surface area contributed by atoms with Crippen LogP contribution in [0.2, 0.25) is 15.1 Å². The first-order chi connectivity index (χ1) is 17.4. The molecule has 1 unspecified atom stereocenters. The number of amides is 1. The number of hydrogen-bond acceptors (Lipinski definition) is 6. The Morgan fingerprint density at radius 2 is 1.65 bits per heavy atom. The van der Waals surface area contributed by atoms with Crippen LogP contribution in [0.4, 0.5) is 11.4 Å². The molecule has 1 atom stereocenters. The van der Waals surface area contributed by atoms with Crippen LogP contribution in [0.5, 0.6) is 0 Å². The van der Waals surface area contributed by atoms with Crippen LogP contribution in [0, 0.1) is 5.41 Å². The Hall–Kier alpha value is -3.00. The fraction of sp³-hybridized carbons (Fsp3) is 0.296. The number of fused-ring (bicyclic) bond motifs is 3. The second kappa shape index (κ2) is 8.51. The molecule has 2 aromatic rings. The molecule has 1 spiro atoms. The van der Waals surface area contributed by atoms with Crippen molar-refractivity contribution in [2.45, 2.75) is 32.1 Å². The van der Waals surface area contributed by atoms with E-state index in [2.05, 4.69) is 0 Å². The zero-order valence-electron chi connectivity index (χ0n) is 20.6. The van der Waals surface area contributed by atoms with Crippen LogP contribution in [0.1, 0.15) is 32.3 Å². The lowest BCUT2D eigenvalue weighted by atomic mass is 9.60. The molecule has 2 heterocycles. The van der Waals surface area contributed by atoms with Crippen molar-refractivity contribution < 1.29 is 19.1 Å². The Kier molecular flexibility index (Phi) is 5.90. The second-order valence-corrected chi connectivity index (χ2v) is 11.4. The first kappa shape index (κ1) is 25.6. The van der Waals surface area contributed by atoms with Crippen molar-refractivity contribution >= 4 is 63.8 Å². The number of ether oxygens (including phenoxy) is 1. The molecule has 2 aromatic carbocycles. The van der Waals surface area contributed by atoms with E-state index >= 15 is 0 Å². The molecule has 0 radical (unpaired) electrons. The lowest BCUT2D eigenvalue weighted by Gasteiger charge is -2.47. The van der Waals surface area contributed by atoms with E-state index in [0.29, 0.717) is 29.1 Å². The smallest absolute Gasteiger partial charge is 0.339 e. The first-order valence-electron chi connectivity index (χ1n) is 11.5. The number of hydrogen-bond donors (Lipinski definition) is 1. The number of halogens is 3. The number of benzene rings is 2. The number of allylic oxidation sites excluding steroid dienone is 1. The molecule has 2 aliphatic heterocycles. The number of anilines is 2. The molecule has 0 saturated heterocycles. The average Bonchev–Trinajstić information content (AvgIpc) is 3.04. The number of esters is 1. The molecule has 0 aromatic heterocycles. The molecule has 7 nitrogen and oxygen atoms in total. The third-order valence-electron chi connectivity index (χ3n) is 7.28. The van der Waals surface area contributed by atoms with E-state index in [1.165, 1.54) is 24.1 Å². The molecule has 0 fully saturated rings. The Balaban J connectivity index is 1.97. The highest BCUT2D eigenvalue weighted by molar-refractivity contribution is 6.44. The van der Waals surface area contributed by atoms with Crippen LogP contribution < -0.4 is 15.5 Å². The predicted octanol–water partition coefficient (Wildman–Crippen LogP) is 5.37. The molecule has 3 aliphatic rings. The quantitative estimate of drug-likeness (QED) is 0.392. The van der Waals surface area contributed by atoms with Gasteiger partial charge in [-0.15, -0.1) is 0 Å². The van der Waals surface area contributed by atoms with E-state index in [1.807, 2.05) is 13.8 Å². The van der Waals surface area contributed by atoms with Gasteiger partial charge < -0.3 is 15.4 Å². The van der Waals surface area contributed by atoms with Crippen LogP contribution in [0.25, 0.3) is 0 Å². The molecule has 10 heteroatoms. The SMILES string of the molecule is COC(=O)C1=C(N)N(c2cc(Cl)c(Cl)cc2Cl)C2=C(C(=O)CC(C)(C)C2)C12C(=O)N(C)c1ccccc12. The summed E-state index contributed by atoms with van der Waals surface area (Å²) in [4.78, 5) is 44.8. The summed E-state index contributed by atoms with van der Waals surface area (Å²) in [6.07, 6.45) is 0.546. The zero-order valence-corrected chi connectivity index (χ0v) is 22.9. The van der Waals surface area contributed by atoms with Crippen LogP contribution in [0.3, 0.4) is 0 Å². The van der Waals surface area contributed by atoms with Gasteiger partial charge in [0.1, 0.15) is 16.8 Å². The number of nitrogens with zero attached hydrogens (tertiary/aromatic N) is 2. The van der Waals surface area contributed by atoms with Gasteiger partial charge in [0.15, 0.2) is 5.78 Å². The minimum atomic E-state index is -1.77. The van der Waals surface area contributed by atoms with Gasteiger partial charge in [-0.3, -0.25) is 14.5 Å². The van der Waals surface area contributed by atoms with E-state index in [-0.39, 0.29) is 44.2 Å². The molecule has 0 bridgehead atoms. The topological polar surface area (TPSA) is 92.9 Å². The highest BCUT2D eigenvalue weighted by atomic mass is 35.5. The molecule has 2 N–H and O–H groups in total. The number of likely N-dealkylation sites (N-methyl/N-ethyl adjacent to an activating group) is 1. The molecule has 192 valence electrons. The van der Waals surface area contributed by atoms with Crippen LogP contribution >= 0.6 is 34.8 Å². The van der Waals surface area contributed by atoms with Crippen molar-refractivity contribution in [2.75, 3.05) is 24.0 Å². The van der Waals surface area contributed by atoms with Crippen molar-refractivity contribution in [3.63, 3.8) is 0 Å². The molecule has 5 rings (SSSR count). The Bertz CT molecular complexity index is 1480. The Labute approximate surface area is 229 Å². The van der Waals surface area contributed by atoms with Crippen LogP contribution in [-0.4, -0.2) is 31.8 Å². The van der Waals surface area contributed by atoms with E-state index in [4.69, 9.17) is 45.3 Å². The number of methoxy groups -OCH3 is 1. The maximum Gasteiger partial charge on any atom is 0.339 e. The van der Waals surface area contributed by atoms with Crippen LogP contribution in [0.15, 0.2) is 59.1 Å².